The molecule has 4 aromatic rings. The maximum Gasteiger partial charge on any atom is 0.214 e. The van der Waals surface area contributed by atoms with Crippen LogP contribution in [0.15, 0.2) is 54.7 Å². The Morgan fingerprint density at radius 2 is 1.96 bits per heavy atom. The molecule has 0 saturated heterocycles. The number of nitrogens with one attached hydrogen (secondary N) is 1. The summed E-state index contributed by atoms with van der Waals surface area (Å²) in [5.41, 5.74) is 4.15. The van der Waals surface area contributed by atoms with E-state index in [1.807, 2.05) is 30.9 Å². The molecule has 0 bridgehead atoms. The van der Waals surface area contributed by atoms with Crippen molar-refractivity contribution < 1.29 is 4.39 Å². The van der Waals surface area contributed by atoms with Crippen LogP contribution in [0.25, 0.3) is 16.2 Å². The van der Waals surface area contributed by atoms with E-state index in [2.05, 4.69) is 38.5 Å². The fourth-order valence-corrected chi connectivity index (χ4v) is 3.46. The van der Waals surface area contributed by atoms with Crippen LogP contribution in [0, 0.1) is 5.82 Å². The molecule has 2 aromatic heterocycles. The van der Waals surface area contributed by atoms with Gasteiger partial charge in [-0.05, 0) is 29.8 Å². The van der Waals surface area contributed by atoms with Crippen LogP contribution < -0.4 is 10.2 Å². The second kappa shape index (κ2) is 6.76. The number of fused-ring (bicyclic) bond motifs is 1. The maximum absolute atomic E-state index is 13.0. The molecule has 2 heterocycles. The van der Waals surface area contributed by atoms with E-state index >= 15 is 0 Å². The first kappa shape index (κ1) is 16.5. The number of imidazole rings is 1. The first-order chi connectivity index (χ1) is 12.6. The number of benzene rings is 2. The molecule has 0 aliphatic rings. The molecule has 2 aromatic carbocycles. The van der Waals surface area contributed by atoms with Crippen LogP contribution in [-0.2, 0) is 6.54 Å². The summed E-state index contributed by atoms with van der Waals surface area (Å²) in [6.07, 6.45) is 1.84. The van der Waals surface area contributed by atoms with Crippen molar-refractivity contribution in [3.63, 3.8) is 0 Å². The number of hydrogen-bond acceptors (Lipinski definition) is 5. The largest absolute Gasteiger partial charge is 0.378 e. The van der Waals surface area contributed by atoms with Gasteiger partial charge < -0.3 is 10.2 Å². The van der Waals surface area contributed by atoms with Crippen molar-refractivity contribution in [2.24, 2.45) is 0 Å². The van der Waals surface area contributed by atoms with Gasteiger partial charge in [0.1, 0.15) is 5.82 Å². The predicted octanol–water partition coefficient (Wildman–Crippen LogP) is 4.28. The van der Waals surface area contributed by atoms with Gasteiger partial charge in [-0.3, -0.25) is 0 Å². The van der Waals surface area contributed by atoms with Crippen molar-refractivity contribution in [2.75, 3.05) is 24.3 Å². The standard InChI is InChI=1S/C19H18FN5S/c1-24(2)16-5-3-4-14(10-16)17-12-22-19-25(17)23-18(26-19)21-11-13-6-8-15(20)9-7-13/h3-10,12H,11H2,1-2H3,(H,21,23). The molecule has 0 radical (unpaired) electrons. The van der Waals surface area contributed by atoms with Gasteiger partial charge in [0.25, 0.3) is 0 Å². The SMILES string of the molecule is CN(C)c1cccc(-c2cnc3sc(NCc4ccc(F)cc4)nn23)c1. The highest BCUT2D eigenvalue weighted by Gasteiger charge is 2.12. The lowest BCUT2D eigenvalue weighted by Gasteiger charge is -2.13. The Bertz CT molecular complexity index is 1040. The third-order valence-electron chi connectivity index (χ3n) is 4.10. The number of anilines is 2. The fraction of sp³-hybridized carbons (Fsp3) is 0.158. The van der Waals surface area contributed by atoms with E-state index in [-0.39, 0.29) is 5.82 Å². The van der Waals surface area contributed by atoms with Crippen LogP contribution in [0.3, 0.4) is 0 Å². The van der Waals surface area contributed by atoms with Crippen LogP contribution in [0.1, 0.15) is 5.56 Å². The lowest BCUT2D eigenvalue weighted by Crippen LogP contribution is -2.08. The maximum atomic E-state index is 13.0. The van der Waals surface area contributed by atoms with Crippen LogP contribution in [0.2, 0.25) is 0 Å². The summed E-state index contributed by atoms with van der Waals surface area (Å²) >= 11 is 1.49. The third kappa shape index (κ3) is 3.25. The highest BCUT2D eigenvalue weighted by molar-refractivity contribution is 7.20. The topological polar surface area (TPSA) is 45.5 Å². The Hall–Kier alpha value is -2.93. The molecule has 0 saturated carbocycles. The molecule has 26 heavy (non-hydrogen) atoms. The molecule has 0 atom stereocenters. The molecule has 0 aliphatic carbocycles. The van der Waals surface area contributed by atoms with Crippen molar-refractivity contribution in [2.45, 2.75) is 6.54 Å². The number of halogens is 1. The lowest BCUT2D eigenvalue weighted by molar-refractivity contribution is 0.627. The monoisotopic (exact) mass is 367 g/mol. The van der Waals surface area contributed by atoms with E-state index in [1.54, 1.807) is 12.1 Å². The van der Waals surface area contributed by atoms with Crippen molar-refractivity contribution in [3.05, 3.63) is 66.1 Å². The zero-order valence-corrected chi connectivity index (χ0v) is 15.3. The zero-order valence-electron chi connectivity index (χ0n) is 14.5. The molecule has 0 spiro atoms. The molecule has 4 rings (SSSR count). The smallest absolute Gasteiger partial charge is 0.214 e. The van der Waals surface area contributed by atoms with E-state index in [0.717, 1.165) is 32.6 Å². The molecular formula is C19H18FN5S. The second-order valence-electron chi connectivity index (χ2n) is 6.17. The highest BCUT2D eigenvalue weighted by Crippen LogP contribution is 2.28. The van der Waals surface area contributed by atoms with Crippen LogP contribution >= 0.6 is 11.3 Å². The fourth-order valence-electron chi connectivity index (χ4n) is 2.68. The molecule has 0 fully saturated rings. The average molecular weight is 367 g/mol. The van der Waals surface area contributed by atoms with Gasteiger partial charge in [-0.15, -0.1) is 5.10 Å². The molecule has 1 N–H and O–H groups in total. The summed E-state index contributed by atoms with van der Waals surface area (Å²) in [4.78, 5) is 7.37. The molecule has 0 amide bonds. The summed E-state index contributed by atoms with van der Waals surface area (Å²) in [5.74, 6) is -0.230. The van der Waals surface area contributed by atoms with Gasteiger partial charge in [0.15, 0.2) is 0 Å². The Kier molecular flexibility index (Phi) is 4.30. The van der Waals surface area contributed by atoms with Gasteiger partial charge in [0.2, 0.25) is 10.1 Å². The lowest BCUT2D eigenvalue weighted by atomic mass is 10.1. The number of hydrogen-bond donors (Lipinski definition) is 1. The van der Waals surface area contributed by atoms with Gasteiger partial charge in [-0.1, -0.05) is 35.6 Å². The quantitative estimate of drug-likeness (QED) is 0.572. The minimum atomic E-state index is -0.230. The number of nitrogens with zero attached hydrogens (tertiary/aromatic N) is 4. The Labute approximate surface area is 154 Å². The van der Waals surface area contributed by atoms with E-state index in [9.17, 15) is 4.39 Å². The summed E-state index contributed by atoms with van der Waals surface area (Å²) in [5, 5.41) is 8.69. The molecule has 0 unspecified atom stereocenters. The van der Waals surface area contributed by atoms with E-state index < -0.39 is 0 Å². The Morgan fingerprint density at radius 3 is 2.73 bits per heavy atom. The minimum Gasteiger partial charge on any atom is -0.378 e. The number of aromatic nitrogens is 3. The molecule has 132 valence electrons. The van der Waals surface area contributed by atoms with Gasteiger partial charge in [0, 0.05) is 31.9 Å². The van der Waals surface area contributed by atoms with Gasteiger partial charge >= 0.3 is 0 Å². The first-order valence-electron chi connectivity index (χ1n) is 8.21. The van der Waals surface area contributed by atoms with Crippen molar-refractivity contribution in [3.8, 4) is 11.3 Å². The summed E-state index contributed by atoms with van der Waals surface area (Å²) in [7, 11) is 4.04. The van der Waals surface area contributed by atoms with Crippen molar-refractivity contribution in [1.29, 1.82) is 0 Å². The summed E-state index contributed by atoms with van der Waals surface area (Å²) in [6.45, 7) is 0.586. The average Bonchev–Trinajstić information content (AvgIpc) is 3.21. The summed E-state index contributed by atoms with van der Waals surface area (Å²) < 4.78 is 14.8. The Morgan fingerprint density at radius 1 is 1.15 bits per heavy atom. The molecule has 5 nitrogen and oxygen atoms in total. The first-order valence-corrected chi connectivity index (χ1v) is 9.02. The van der Waals surface area contributed by atoms with E-state index in [0.29, 0.717) is 6.54 Å². The van der Waals surface area contributed by atoms with Crippen molar-refractivity contribution >= 4 is 27.1 Å². The highest BCUT2D eigenvalue weighted by atomic mass is 32.1. The predicted molar refractivity (Wildman–Crippen MR) is 104 cm³/mol. The third-order valence-corrected chi connectivity index (χ3v) is 4.98. The van der Waals surface area contributed by atoms with E-state index in [1.165, 1.54) is 23.5 Å². The Balaban J connectivity index is 1.59. The van der Waals surface area contributed by atoms with Crippen LogP contribution in [0.5, 0.6) is 0 Å². The molecular weight excluding hydrogens is 349 g/mol. The summed E-state index contributed by atoms with van der Waals surface area (Å²) in [6, 6.07) is 14.7. The van der Waals surface area contributed by atoms with Gasteiger partial charge in [0.05, 0.1) is 11.9 Å². The van der Waals surface area contributed by atoms with E-state index in [4.69, 9.17) is 0 Å². The van der Waals surface area contributed by atoms with Crippen molar-refractivity contribution in [1.82, 2.24) is 14.6 Å². The molecule has 0 aliphatic heterocycles. The van der Waals surface area contributed by atoms with Gasteiger partial charge in [-0.2, -0.15) is 0 Å². The van der Waals surface area contributed by atoms with Gasteiger partial charge in [-0.25, -0.2) is 13.9 Å². The normalized spacial score (nSPS) is 11.0. The second-order valence-corrected chi connectivity index (χ2v) is 7.13. The minimum absolute atomic E-state index is 0.230. The molecule has 7 heteroatoms. The van der Waals surface area contributed by atoms with Crippen LogP contribution in [-0.4, -0.2) is 28.7 Å². The van der Waals surface area contributed by atoms with Crippen LogP contribution in [0.4, 0.5) is 15.2 Å². The zero-order chi connectivity index (χ0) is 18.1. The number of rotatable bonds is 5.